The third-order valence-electron chi connectivity index (χ3n) is 11.3. The van der Waals surface area contributed by atoms with Crippen LogP contribution in [0.4, 0.5) is 0 Å². The van der Waals surface area contributed by atoms with Gasteiger partial charge in [0.05, 0.1) is 13.2 Å². The summed E-state index contributed by atoms with van der Waals surface area (Å²) in [5.74, 6) is -0.0831. The standard InChI is InChI=1S/C49H96O4/c1-3-5-7-9-11-13-15-17-19-21-23-25-27-29-31-33-38-42-46-52-48(50)44-40-36-35-37-41-45-49(51)53-47-43-39-34-32-30-28-26-24-22-20-18-16-14-12-10-8-6-4-2/h3-47H2,1-2H3. The summed E-state index contributed by atoms with van der Waals surface area (Å²) >= 11 is 0. The Labute approximate surface area is 333 Å². The van der Waals surface area contributed by atoms with Crippen LogP contribution < -0.4 is 0 Å². The summed E-state index contributed by atoms with van der Waals surface area (Å²) < 4.78 is 10.9. The number of hydrogen-bond acceptors (Lipinski definition) is 4. The summed E-state index contributed by atoms with van der Waals surface area (Å²) in [6.07, 6.45) is 55.2. The molecule has 0 unspecified atom stereocenters. The Hall–Kier alpha value is -1.06. The first-order valence-corrected chi connectivity index (χ1v) is 24.5. The maximum absolute atomic E-state index is 12.0. The third-order valence-corrected chi connectivity index (χ3v) is 11.3. The van der Waals surface area contributed by atoms with E-state index in [-0.39, 0.29) is 11.9 Å². The van der Waals surface area contributed by atoms with Crippen LogP contribution in [0.1, 0.15) is 290 Å². The molecule has 0 N–H and O–H groups in total. The minimum Gasteiger partial charge on any atom is -0.466 e. The fourth-order valence-electron chi connectivity index (χ4n) is 7.59. The van der Waals surface area contributed by atoms with Crippen molar-refractivity contribution in [2.45, 2.75) is 290 Å². The zero-order chi connectivity index (χ0) is 38.4. The smallest absolute Gasteiger partial charge is 0.305 e. The molecular formula is C49H96O4. The van der Waals surface area contributed by atoms with Gasteiger partial charge >= 0.3 is 11.9 Å². The van der Waals surface area contributed by atoms with Crippen molar-refractivity contribution < 1.29 is 19.1 Å². The van der Waals surface area contributed by atoms with E-state index in [4.69, 9.17) is 9.47 Å². The maximum Gasteiger partial charge on any atom is 0.305 e. The highest BCUT2D eigenvalue weighted by atomic mass is 16.5. The summed E-state index contributed by atoms with van der Waals surface area (Å²) in [5, 5.41) is 0. The number of unbranched alkanes of at least 4 members (excludes halogenated alkanes) is 38. The van der Waals surface area contributed by atoms with Crippen LogP contribution in [0.15, 0.2) is 0 Å². The van der Waals surface area contributed by atoms with Crippen LogP contribution >= 0.6 is 0 Å². The van der Waals surface area contributed by atoms with Crippen molar-refractivity contribution in [3.8, 4) is 0 Å². The van der Waals surface area contributed by atoms with E-state index in [1.54, 1.807) is 0 Å². The second kappa shape index (κ2) is 47.1. The van der Waals surface area contributed by atoms with E-state index >= 15 is 0 Å². The largest absolute Gasteiger partial charge is 0.466 e. The monoisotopic (exact) mass is 749 g/mol. The first kappa shape index (κ1) is 51.9. The summed E-state index contributed by atoms with van der Waals surface area (Å²) in [6.45, 7) is 5.75. The third kappa shape index (κ3) is 47.0. The number of esters is 2. The Kier molecular flexibility index (Phi) is 46.2. The van der Waals surface area contributed by atoms with Gasteiger partial charge in [0.15, 0.2) is 0 Å². The van der Waals surface area contributed by atoms with Gasteiger partial charge < -0.3 is 9.47 Å². The van der Waals surface area contributed by atoms with Gasteiger partial charge in [0.1, 0.15) is 0 Å². The zero-order valence-electron chi connectivity index (χ0n) is 36.5. The number of ether oxygens (including phenoxy) is 2. The fraction of sp³-hybridized carbons (Fsp3) is 0.959. The second-order valence-electron chi connectivity index (χ2n) is 16.7. The van der Waals surface area contributed by atoms with Gasteiger partial charge in [-0.25, -0.2) is 0 Å². The lowest BCUT2D eigenvalue weighted by atomic mass is 10.0. The summed E-state index contributed by atoms with van der Waals surface area (Å²) in [4.78, 5) is 24.1. The van der Waals surface area contributed by atoms with Crippen molar-refractivity contribution in [1.82, 2.24) is 0 Å². The molecule has 0 bridgehead atoms. The highest BCUT2D eigenvalue weighted by molar-refractivity contribution is 5.69. The van der Waals surface area contributed by atoms with Gasteiger partial charge in [0.25, 0.3) is 0 Å². The molecule has 0 saturated carbocycles. The Morgan fingerprint density at radius 1 is 0.245 bits per heavy atom. The minimum atomic E-state index is -0.0415. The minimum absolute atomic E-state index is 0.0415. The molecule has 53 heavy (non-hydrogen) atoms. The molecular weight excluding hydrogens is 653 g/mol. The van der Waals surface area contributed by atoms with Crippen LogP contribution in [0, 0.1) is 0 Å². The summed E-state index contributed by atoms with van der Waals surface area (Å²) in [7, 11) is 0. The summed E-state index contributed by atoms with van der Waals surface area (Å²) in [5.41, 5.74) is 0. The molecule has 0 spiro atoms. The van der Waals surface area contributed by atoms with Crippen LogP contribution in [0.3, 0.4) is 0 Å². The van der Waals surface area contributed by atoms with Crippen LogP contribution in [0.2, 0.25) is 0 Å². The van der Waals surface area contributed by atoms with E-state index in [0.29, 0.717) is 26.1 Å². The number of carbonyl (C=O) groups excluding carboxylic acids is 2. The number of rotatable bonds is 46. The molecule has 0 rings (SSSR count). The maximum atomic E-state index is 12.0. The lowest BCUT2D eigenvalue weighted by Gasteiger charge is -2.06. The second-order valence-corrected chi connectivity index (χ2v) is 16.7. The molecule has 316 valence electrons. The molecule has 4 heteroatoms. The van der Waals surface area contributed by atoms with Gasteiger partial charge in [-0.15, -0.1) is 0 Å². The SMILES string of the molecule is CCCCCCCCCCCCCCCCCCCCOC(=O)CCCCCCCC(=O)OCCCCCCCCCCCCCCCCCCCC. The number of hydrogen-bond donors (Lipinski definition) is 0. The quantitative estimate of drug-likeness (QED) is 0.0459. The molecule has 0 heterocycles. The van der Waals surface area contributed by atoms with E-state index in [2.05, 4.69) is 13.8 Å². The van der Waals surface area contributed by atoms with Crippen LogP contribution in [0.5, 0.6) is 0 Å². The molecule has 0 radical (unpaired) electrons. The predicted molar refractivity (Wildman–Crippen MR) is 232 cm³/mol. The zero-order valence-corrected chi connectivity index (χ0v) is 36.5. The van der Waals surface area contributed by atoms with Gasteiger partial charge in [-0.3, -0.25) is 9.59 Å². The molecule has 0 aromatic rings. The molecule has 0 amide bonds. The highest BCUT2D eigenvalue weighted by Gasteiger charge is 2.05. The van der Waals surface area contributed by atoms with Crippen molar-refractivity contribution >= 4 is 11.9 Å². The van der Waals surface area contributed by atoms with Crippen molar-refractivity contribution in [3.05, 3.63) is 0 Å². The topological polar surface area (TPSA) is 52.6 Å². The van der Waals surface area contributed by atoms with Crippen molar-refractivity contribution in [3.63, 3.8) is 0 Å². The highest BCUT2D eigenvalue weighted by Crippen LogP contribution is 2.16. The van der Waals surface area contributed by atoms with E-state index in [0.717, 1.165) is 44.9 Å². The molecule has 0 aromatic heterocycles. The number of carbonyl (C=O) groups is 2. The Morgan fingerprint density at radius 3 is 0.623 bits per heavy atom. The lowest BCUT2D eigenvalue weighted by molar-refractivity contribution is -0.144. The van der Waals surface area contributed by atoms with Crippen molar-refractivity contribution in [2.24, 2.45) is 0 Å². The average Bonchev–Trinajstić information content (AvgIpc) is 3.16. The molecule has 0 aliphatic rings. The van der Waals surface area contributed by atoms with Gasteiger partial charge in [-0.1, -0.05) is 251 Å². The van der Waals surface area contributed by atoms with E-state index < -0.39 is 0 Å². The molecule has 0 aromatic carbocycles. The van der Waals surface area contributed by atoms with Crippen molar-refractivity contribution in [2.75, 3.05) is 13.2 Å². The van der Waals surface area contributed by atoms with Crippen LogP contribution in [-0.4, -0.2) is 25.2 Å². The van der Waals surface area contributed by atoms with Crippen LogP contribution in [0.25, 0.3) is 0 Å². The first-order chi connectivity index (χ1) is 26.2. The first-order valence-electron chi connectivity index (χ1n) is 24.5. The van der Waals surface area contributed by atoms with E-state index in [1.807, 2.05) is 0 Å². The van der Waals surface area contributed by atoms with Crippen molar-refractivity contribution in [1.29, 1.82) is 0 Å². The lowest BCUT2D eigenvalue weighted by Crippen LogP contribution is -2.06. The fourth-order valence-corrected chi connectivity index (χ4v) is 7.59. The molecule has 4 nitrogen and oxygen atoms in total. The Morgan fingerprint density at radius 2 is 0.415 bits per heavy atom. The summed E-state index contributed by atoms with van der Waals surface area (Å²) in [6, 6.07) is 0. The molecule has 0 saturated heterocycles. The van der Waals surface area contributed by atoms with Gasteiger partial charge in [0.2, 0.25) is 0 Å². The van der Waals surface area contributed by atoms with Gasteiger partial charge in [-0.05, 0) is 25.7 Å². The van der Waals surface area contributed by atoms with Crippen LogP contribution in [-0.2, 0) is 19.1 Å². The van der Waals surface area contributed by atoms with E-state index in [9.17, 15) is 9.59 Å². The van der Waals surface area contributed by atoms with Gasteiger partial charge in [-0.2, -0.15) is 0 Å². The average molecular weight is 749 g/mol. The van der Waals surface area contributed by atoms with E-state index in [1.165, 1.54) is 218 Å². The molecule has 0 aliphatic heterocycles. The molecule has 0 fully saturated rings. The predicted octanol–water partition coefficient (Wildman–Crippen LogP) is 16.9. The normalized spacial score (nSPS) is 11.4. The van der Waals surface area contributed by atoms with Gasteiger partial charge in [0, 0.05) is 12.8 Å². The molecule has 0 aliphatic carbocycles. The molecule has 0 atom stereocenters. The Bertz CT molecular complexity index is 649. The Balaban J connectivity index is 3.23.